The third-order valence-corrected chi connectivity index (χ3v) is 2.75. The minimum Gasteiger partial charge on any atom is -0.352 e. The van der Waals surface area contributed by atoms with E-state index >= 15 is 0 Å². The summed E-state index contributed by atoms with van der Waals surface area (Å²) < 4.78 is 2.37. The zero-order valence-corrected chi connectivity index (χ0v) is 12.0. The van der Waals surface area contributed by atoms with Crippen molar-refractivity contribution in [2.45, 2.75) is 54.4 Å². The van der Waals surface area contributed by atoms with Crippen LogP contribution in [-0.2, 0) is 19.9 Å². The molecular formula is C15H27N. The lowest BCUT2D eigenvalue weighted by molar-refractivity contribution is 0.388. The fourth-order valence-electron chi connectivity index (χ4n) is 2.04. The minimum atomic E-state index is 0.366. The van der Waals surface area contributed by atoms with Gasteiger partial charge in [0.1, 0.15) is 0 Å². The molecule has 16 heavy (non-hydrogen) atoms. The van der Waals surface area contributed by atoms with Gasteiger partial charge in [-0.2, -0.15) is 0 Å². The summed E-state index contributed by atoms with van der Waals surface area (Å²) in [4.78, 5) is 0. The van der Waals surface area contributed by atoms with E-state index in [2.05, 4.69) is 65.3 Å². The van der Waals surface area contributed by atoms with Crippen LogP contribution in [0.4, 0.5) is 0 Å². The summed E-state index contributed by atoms with van der Waals surface area (Å²) in [7, 11) is 2.20. The monoisotopic (exact) mass is 221 g/mol. The highest BCUT2D eigenvalue weighted by Gasteiger charge is 2.17. The van der Waals surface area contributed by atoms with E-state index in [1.54, 1.807) is 0 Å². The van der Waals surface area contributed by atoms with Crippen molar-refractivity contribution in [3.8, 4) is 0 Å². The lowest BCUT2D eigenvalue weighted by Crippen LogP contribution is -2.15. The molecule has 0 saturated carbocycles. The van der Waals surface area contributed by atoms with Crippen molar-refractivity contribution in [1.29, 1.82) is 0 Å². The average Bonchev–Trinajstić information content (AvgIpc) is 2.30. The molecule has 0 bridgehead atoms. The van der Waals surface area contributed by atoms with Gasteiger partial charge in [0, 0.05) is 18.4 Å². The number of aromatic nitrogens is 1. The van der Waals surface area contributed by atoms with E-state index in [1.807, 2.05) is 0 Å². The van der Waals surface area contributed by atoms with Crippen molar-refractivity contribution >= 4 is 0 Å². The van der Waals surface area contributed by atoms with Crippen molar-refractivity contribution in [2.75, 3.05) is 0 Å². The lowest BCUT2D eigenvalue weighted by atomic mass is 9.90. The Labute approximate surface area is 101 Å². The maximum atomic E-state index is 2.37. The van der Waals surface area contributed by atoms with Crippen LogP contribution in [0.5, 0.6) is 0 Å². The van der Waals surface area contributed by atoms with Gasteiger partial charge in [-0.05, 0) is 35.8 Å². The van der Waals surface area contributed by atoms with E-state index in [1.165, 1.54) is 11.4 Å². The Bertz CT molecular complexity index is 311. The van der Waals surface area contributed by atoms with Gasteiger partial charge in [0.2, 0.25) is 0 Å². The van der Waals surface area contributed by atoms with Crippen LogP contribution in [0.25, 0.3) is 0 Å². The molecule has 0 aliphatic carbocycles. The number of hydrogen-bond acceptors (Lipinski definition) is 0. The molecule has 0 spiro atoms. The second kappa shape index (κ2) is 4.27. The molecule has 1 heteroatoms. The molecule has 0 unspecified atom stereocenters. The fourth-order valence-corrected chi connectivity index (χ4v) is 2.04. The topological polar surface area (TPSA) is 4.93 Å². The smallest absolute Gasteiger partial charge is 0.0179 e. The Hall–Kier alpha value is -0.720. The van der Waals surface area contributed by atoms with Gasteiger partial charge in [0.05, 0.1) is 0 Å². The van der Waals surface area contributed by atoms with E-state index < -0.39 is 0 Å². The molecule has 1 nitrogen and oxygen atoms in total. The van der Waals surface area contributed by atoms with E-state index in [0.717, 1.165) is 12.8 Å². The van der Waals surface area contributed by atoms with Crippen LogP contribution in [0.1, 0.15) is 52.9 Å². The molecule has 1 aromatic heterocycles. The third-order valence-electron chi connectivity index (χ3n) is 2.75. The molecule has 0 N–H and O–H groups in total. The molecule has 0 atom stereocenters. The fraction of sp³-hybridized carbons (Fsp3) is 0.733. The molecular weight excluding hydrogens is 194 g/mol. The van der Waals surface area contributed by atoms with E-state index in [4.69, 9.17) is 0 Å². The van der Waals surface area contributed by atoms with Crippen LogP contribution in [0.3, 0.4) is 0 Å². The van der Waals surface area contributed by atoms with Gasteiger partial charge in [0.15, 0.2) is 0 Å². The highest BCUT2D eigenvalue weighted by atomic mass is 15.0. The Morgan fingerprint density at radius 2 is 1.12 bits per heavy atom. The molecule has 0 amide bonds. The zero-order valence-electron chi connectivity index (χ0n) is 12.0. The summed E-state index contributed by atoms with van der Waals surface area (Å²) in [6, 6.07) is 4.57. The number of hydrogen-bond donors (Lipinski definition) is 0. The average molecular weight is 221 g/mol. The molecule has 1 rings (SSSR count). The van der Waals surface area contributed by atoms with Crippen LogP contribution < -0.4 is 0 Å². The predicted molar refractivity (Wildman–Crippen MR) is 71.7 cm³/mol. The van der Waals surface area contributed by atoms with Gasteiger partial charge < -0.3 is 4.57 Å². The van der Waals surface area contributed by atoms with Gasteiger partial charge in [-0.3, -0.25) is 0 Å². The quantitative estimate of drug-likeness (QED) is 0.705. The van der Waals surface area contributed by atoms with Crippen LogP contribution >= 0.6 is 0 Å². The first-order valence-electron chi connectivity index (χ1n) is 6.22. The van der Waals surface area contributed by atoms with Crippen molar-refractivity contribution in [3.05, 3.63) is 23.5 Å². The first kappa shape index (κ1) is 13.3. The number of rotatable bonds is 2. The number of nitrogens with zero attached hydrogens (tertiary/aromatic N) is 1. The summed E-state index contributed by atoms with van der Waals surface area (Å²) in [6.45, 7) is 13.8. The van der Waals surface area contributed by atoms with Crippen LogP contribution in [-0.4, -0.2) is 4.57 Å². The summed E-state index contributed by atoms with van der Waals surface area (Å²) in [6.07, 6.45) is 2.29. The first-order valence-corrected chi connectivity index (χ1v) is 6.22. The van der Waals surface area contributed by atoms with Gasteiger partial charge in [-0.15, -0.1) is 0 Å². The summed E-state index contributed by atoms with van der Waals surface area (Å²) in [5, 5.41) is 0. The first-order chi connectivity index (χ1) is 7.08. The Kier molecular flexibility index (Phi) is 3.56. The highest BCUT2D eigenvalue weighted by Crippen LogP contribution is 2.25. The summed E-state index contributed by atoms with van der Waals surface area (Å²) >= 11 is 0. The van der Waals surface area contributed by atoms with Crippen LogP contribution in [0.15, 0.2) is 12.1 Å². The SMILES string of the molecule is Cn1c(CC(C)(C)C)ccc1CC(C)(C)C. The van der Waals surface area contributed by atoms with E-state index in [0.29, 0.717) is 10.8 Å². The molecule has 0 fully saturated rings. The summed E-state index contributed by atoms with van der Waals surface area (Å²) in [5.74, 6) is 0. The molecule has 0 aromatic carbocycles. The van der Waals surface area contributed by atoms with Gasteiger partial charge >= 0.3 is 0 Å². The molecule has 0 saturated heterocycles. The van der Waals surface area contributed by atoms with Gasteiger partial charge in [0.25, 0.3) is 0 Å². The molecule has 0 aliphatic heterocycles. The molecule has 0 aliphatic rings. The summed E-state index contributed by atoms with van der Waals surface area (Å²) in [5.41, 5.74) is 3.63. The Morgan fingerprint density at radius 1 is 0.812 bits per heavy atom. The van der Waals surface area contributed by atoms with Crippen molar-refractivity contribution in [3.63, 3.8) is 0 Å². The normalized spacial score (nSPS) is 13.2. The van der Waals surface area contributed by atoms with E-state index in [9.17, 15) is 0 Å². The molecule has 1 heterocycles. The molecule has 1 aromatic rings. The molecule has 92 valence electrons. The maximum absolute atomic E-state index is 2.37. The van der Waals surface area contributed by atoms with Crippen molar-refractivity contribution in [2.24, 2.45) is 17.9 Å². The van der Waals surface area contributed by atoms with Crippen molar-refractivity contribution in [1.82, 2.24) is 4.57 Å². The predicted octanol–water partition coefficient (Wildman–Crippen LogP) is 4.20. The van der Waals surface area contributed by atoms with Crippen molar-refractivity contribution < 1.29 is 0 Å². The lowest BCUT2D eigenvalue weighted by Gasteiger charge is -2.21. The van der Waals surface area contributed by atoms with E-state index in [-0.39, 0.29) is 0 Å². The minimum absolute atomic E-state index is 0.366. The van der Waals surface area contributed by atoms with Gasteiger partial charge in [-0.1, -0.05) is 41.5 Å². The third kappa shape index (κ3) is 4.03. The second-order valence-corrected chi connectivity index (χ2v) is 7.35. The highest BCUT2D eigenvalue weighted by molar-refractivity contribution is 5.18. The van der Waals surface area contributed by atoms with Crippen LogP contribution in [0.2, 0.25) is 0 Å². The standard InChI is InChI=1S/C15H27N/c1-14(2,3)10-12-8-9-13(16(12)7)11-15(4,5)6/h8-9H,10-11H2,1-7H3. The zero-order chi connectivity index (χ0) is 12.6. The largest absolute Gasteiger partial charge is 0.352 e. The van der Waals surface area contributed by atoms with Gasteiger partial charge in [-0.25, -0.2) is 0 Å². The Balaban J connectivity index is 2.85. The maximum Gasteiger partial charge on any atom is 0.0179 e. The second-order valence-electron chi connectivity index (χ2n) is 7.35. The molecule has 0 radical (unpaired) electrons. The Morgan fingerprint density at radius 3 is 1.38 bits per heavy atom. The van der Waals surface area contributed by atoms with Crippen LogP contribution in [0, 0.1) is 10.8 Å².